The Morgan fingerprint density at radius 2 is 0.938 bits per heavy atom. The first kappa shape index (κ1) is 36.5. The van der Waals surface area contributed by atoms with E-state index < -0.39 is 0 Å². The Balaban J connectivity index is 0.914. The summed E-state index contributed by atoms with van der Waals surface area (Å²) in [7, 11) is 0. The van der Waals surface area contributed by atoms with E-state index in [4.69, 9.17) is 4.42 Å². The van der Waals surface area contributed by atoms with Crippen molar-refractivity contribution in [3.8, 4) is 39.1 Å². The Hall–Kier alpha value is -8.18. The molecule has 10 aromatic carbocycles. The van der Waals surface area contributed by atoms with Gasteiger partial charge < -0.3 is 13.9 Å². The number of fused-ring (bicyclic) bond motifs is 9. The third-order valence-corrected chi connectivity index (χ3v) is 14.0. The second-order valence-electron chi connectivity index (χ2n) is 16.5. The lowest BCUT2D eigenvalue weighted by Gasteiger charge is -2.26. The minimum Gasteiger partial charge on any atom is -0.456 e. The zero-order chi connectivity index (χ0) is 42.1. The van der Waals surface area contributed by atoms with Gasteiger partial charge in [0.2, 0.25) is 0 Å². The molecule has 300 valence electrons. The van der Waals surface area contributed by atoms with Crippen molar-refractivity contribution in [2.24, 2.45) is 0 Å². The average Bonchev–Trinajstić information content (AvgIpc) is 4.04. The Morgan fingerprint density at radius 3 is 1.73 bits per heavy atom. The topological polar surface area (TPSA) is 21.3 Å². The standard InChI is InChI=1S/C60H38N2OS/c1-2-13-44(14-3-1)62-55-21-7-4-16-49(55)53-37-41(28-34-56(53)62)39-24-30-45(31-25-39)61(46-32-26-40(27-33-46)42-29-35-58-54(38-42)50-17-5-8-22-57(50)63-58)47-15-10-12-43(36-47)48-19-11-20-52-51-18-6-9-23-59(51)64-60(48)52/h1-38H. The van der Waals surface area contributed by atoms with E-state index in [1.165, 1.54) is 64.2 Å². The molecule has 64 heavy (non-hydrogen) atoms. The summed E-state index contributed by atoms with van der Waals surface area (Å²) in [5.41, 5.74) is 15.8. The summed E-state index contributed by atoms with van der Waals surface area (Å²) in [5, 5.41) is 7.37. The second-order valence-corrected chi connectivity index (χ2v) is 17.5. The molecular formula is C60H38N2OS. The molecule has 4 heteroatoms. The Labute approximate surface area is 373 Å². The maximum absolute atomic E-state index is 6.16. The van der Waals surface area contributed by atoms with Gasteiger partial charge in [-0.05, 0) is 124 Å². The second kappa shape index (κ2) is 14.7. The molecule has 0 amide bonds. The van der Waals surface area contributed by atoms with Gasteiger partial charge in [-0.2, -0.15) is 0 Å². The SMILES string of the molecule is c1ccc(-n2c3ccccc3c3cc(-c4ccc(N(c5ccc(-c6ccc7oc8ccccc8c7c6)cc5)c5cccc(-c6cccc7c6sc6ccccc67)c5)cc4)ccc32)cc1. The number of nitrogens with zero attached hydrogens (tertiary/aromatic N) is 2. The minimum absolute atomic E-state index is 0.904. The highest BCUT2D eigenvalue weighted by atomic mass is 32.1. The van der Waals surface area contributed by atoms with Gasteiger partial charge in [0, 0.05) is 64.5 Å². The number of benzene rings is 10. The number of thiophene rings is 1. The smallest absolute Gasteiger partial charge is 0.135 e. The van der Waals surface area contributed by atoms with Crippen LogP contribution in [0.5, 0.6) is 0 Å². The van der Waals surface area contributed by atoms with Gasteiger partial charge in [0.15, 0.2) is 0 Å². The van der Waals surface area contributed by atoms with Crippen LogP contribution in [-0.2, 0) is 0 Å². The maximum atomic E-state index is 6.16. The van der Waals surface area contributed by atoms with Gasteiger partial charge in [-0.25, -0.2) is 0 Å². The van der Waals surface area contributed by atoms with Gasteiger partial charge in [0.05, 0.1) is 11.0 Å². The first-order valence-electron chi connectivity index (χ1n) is 21.7. The Bertz CT molecular complexity index is 3890. The van der Waals surface area contributed by atoms with Crippen LogP contribution in [-0.4, -0.2) is 4.57 Å². The van der Waals surface area contributed by atoms with Crippen LogP contribution in [0.15, 0.2) is 235 Å². The summed E-state index contributed by atoms with van der Waals surface area (Å²) in [5.74, 6) is 0. The van der Waals surface area contributed by atoms with Gasteiger partial charge in [-0.15, -0.1) is 11.3 Å². The number of hydrogen-bond donors (Lipinski definition) is 0. The van der Waals surface area contributed by atoms with E-state index in [0.717, 1.165) is 55.8 Å². The number of rotatable bonds is 7. The Kier molecular flexibility index (Phi) is 8.40. The monoisotopic (exact) mass is 834 g/mol. The molecule has 0 aliphatic heterocycles. The quantitative estimate of drug-likeness (QED) is 0.159. The molecule has 0 bridgehead atoms. The molecule has 0 aliphatic carbocycles. The van der Waals surface area contributed by atoms with Crippen LogP contribution in [0.3, 0.4) is 0 Å². The van der Waals surface area contributed by atoms with Crippen molar-refractivity contribution in [3.63, 3.8) is 0 Å². The summed E-state index contributed by atoms with van der Waals surface area (Å²) >= 11 is 1.87. The van der Waals surface area contributed by atoms with E-state index in [1.807, 2.05) is 23.5 Å². The molecule has 3 aromatic heterocycles. The lowest BCUT2D eigenvalue weighted by atomic mass is 10.00. The van der Waals surface area contributed by atoms with E-state index in [0.29, 0.717) is 0 Å². The van der Waals surface area contributed by atoms with Crippen molar-refractivity contribution in [3.05, 3.63) is 231 Å². The number of hydrogen-bond acceptors (Lipinski definition) is 3. The zero-order valence-corrected chi connectivity index (χ0v) is 35.5. The fourth-order valence-corrected chi connectivity index (χ4v) is 11.0. The van der Waals surface area contributed by atoms with E-state index >= 15 is 0 Å². The third-order valence-electron chi connectivity index (χ3n) is 12.8. The molecule has 13 rings (SSSR count). The van der Waals surface area contributed by atoms with Crippen molar-refractivity contribution in [2.45, 2.75) is 0 Å². The molecule has 13 aromatic rings. The summed E-state index contributed by atoms with van der Waals surface area (Å²) in [6, 6.07) is 83.5. The first-order valence-corrected chi connectivity index (χ1v) is 22.6. The van der Waals surface area contributed by atoms with Crippen molar-refractivity contribution in [2.75, 3.05) is 4.90 Å². The van der Waals surface area contributed by atoms with E-state index in [1.54, 1.807) is 0 Å². The number of furan rings is 1. The van der Waals surface area contributed by atoms with Gasteiger partial charge in [0.1, 0.15) is 11.2 Å². The van der Waals surface area contributed by atoms with Crippen LogP contribution in [0.4, 0.5) is 17.1 Å². The highest BCUT2D eigenvalue weighted by molar-refractivity contribution is 7.26. The van der Waals surface area contributed by atoms with Crippen LogP contribution in [0.2, 0.25) is 0 Å². The fourth-order valence-electron chi connectivity index (χ4n) is 9.75. The third kappa shape index (κ3) is 5.95. The van der Waals surface area contributed by atoms with Crippen LogP contribution >= 0.6 is 11.3 Å². The predicted octanol–water partition coefficient (Wildman–Crippen LogP) is 17.5. The highest BCUT2D eigenvalue weighted by Gasteiger charge is 2.18. The van der Waals surface area contributed by atoms with Crippen molar-refractivity contribution in [1.82, 2.24) is 4.57 Å². The van der Waals surface area contributed by atoms with Gasteiger partial charge >= 0.3 is 0 Å². The van der Waals surface area contributed by atoms with Crippen LogP contribution in [0.25, 0.3) is 103 Å². The summed E-state index contributed by atoms with van der Waals surface area (Å²) in [6.07, 6.45) is 0. The lowest BCUT2D eigenvalue weighted by molar-refractivity contribution is 0.669. The van der Waals surface area contributed by atoms with Gasteiger partial charge in [0.25, 0.3) is 0 Å². The molecule has 0 aliphatic rings. The number of aromatic nitrogens is 1. The molecule has 3 nitrogen and oxygen atoms in total. The fraction of sp³-hybridized carbons (Fsp3) is 0. The highest BCUT2D eigenvalue weighted by Crippen LogP contribution is 2.44. The molecular weight excluding hydrogens is 797 g/mol. The van der Waals surface area contributed by atoms with Gasteiger partial charge in [-0.3, -0.25) is 0 Å². The van der Waals surface area contributed by atoms with Crippen LogP contribution < -0.4 is 4.90 Å². The molecule has 0 fully saturated rings. The average molecular weight is 835 g/mol. The summed E-state index contributed by atoms with van der Waals surface area (Å²) in [6.45, 7) is 0. The van der Waals surface area contributed by atoms with E-state index in [2.05, 4.69) is 228 Å². The molecule has 0 saturated heterocycles. The molecule has 0 spiro atoms. The lowest BCUT2D eigenvalue weighted by Crippen LogP contribution is -2.10. The maximum Gasteiger partial charge on any atom is 0.135 e. The first-order chi connectivity index (χ1) is 31.7. The molecule has 0 N–H and O–H groups in total. The van der Waals surface area contributed by atoms with Crippen molar-refractivity contribution < 1.29 is 4.42 Å². The van der Waals surface area contributed by atoms with Crippen molar-refractivity contribution >= 4 is 92.3 Å². The molecule has 0 atom stereocenters. The molecule has 0 radical (unpaired) electrons. The van der Waals surface area contributed by atoms with Crippen LogP contribution in [0.1, 0.15) is 0 Å². The zero-order valence-electron chi connectivity index (χ0n) is 34.7. The number of para-hydroxylation sites is 3. The summed E-state index contributed by atoms with van der Waals surface area (Å²) in [4.78, 5) is 2.38. The normalized spacial score (nSPS) is 11.8. The van der Waals surface area contributed by atoms with Gasteiger partial charge in [-0.1, -0.05) is 140 Å². The molecule has 0 saturated carbocycles. The van der Waals surface area contributed by atoms with E-state index in [9.17, 15) is 0 Å². The molecule has 0 unspecified atom stereocenters. The minimum atomic E-state index is 0.904. The van der Waals surface area contributed by atoms with Crippen LogP contribution in [0, 0.1) is 0 Å². The molecule has 3 heterocycles. The predicted molar refractivity (Wildman–Crippen MR) is 272 cm³/mol. The number of anilines is 3. The summed E-state index contributed by atoms with van der Waals surface area (Å²) < 4.78 is 11.1. The largest absolute Gasteiger partial charge is 0.456 e. The Morgan fingerprint density at radius 1 is 0.344 bits per heavy atom. The van der Waals surface area contributed by atoms with E-state index in [-0.39, 0.29) is 0 Å². The van der Waals surface area contributed by atoms with Crippen molar-refractivity contribution in [1.29, 1.82) is 0 Å².